The largest absolute Gasteiger partial charge is 0.392 e. The standard InChI is InChI=1S/C16H23ClN2O2/c17-14-7-6-13(11-20)8-15(14)18-10-16(21)19-9-12-4-2-1-3-5-12/h6-8,12,18,20H,1-5,9-11H2,(H,19,21). The van der Waals surface area contributed by atoms with Gasteiger partial charge in [0.15, 0.2) is 0 Å². The molecule has 1 aromatic carbocycles. The SMILES string of the molecule is O=C(CNc1cc(CO)ccc1Cl)NCC1CCCCC1. The lowest BCUT2D eigenvalue weighted by atomic mass is 9.89. The van der Waals surface area contributed by atoms with E-state index in [1.807, 2.05) is 0 Å². The molecule has 0 unspecified atom stereocenters. The Labute approximate surface area is 130 Å². The van der Waals surface area contributed by atoms with Gasteiger partial charge in [-0.25, -0.2) is 0 Å². The summed E-state index contributed by atoms with van der Waals surface area (Å²) in [5, 5.41) is 15.7. The molecule has 0 heterocycles. The van der Waals surface area contributed by atoms with Crippen LogP contribution in [0.1, 0.15) is 37.7 Å². The predicted octanol–water partition coefficient (Wildman–Crippen LogP) is 2.94. The lowest BCUT2D eigenvalue weighted by Crippen LogP contribution is -2.34. The molecule has 1 aliphatic carbocycles. The van der Waals surface area contributed by atoms with E-state index in [9.17, 15) is 4.79 Å². The van der Waals surface area contributed by atoms with E-state index >= 15 is 0 Å². The number of rotatable bonds is 6. The Morgan fingerprint density at radius 1 is 1.29 bits per heavy atom. The summed E-state index contributed by atoms with van der Waals surface area (Å²) < 4.78 is 0. The molecule has 1 aliphatic rings. The molecule has 0 saturated heterocycles. The van der Waals surface area contributed by atoms with Crippen LogP contribution < -0.4 is 10.6 Å². The number of hydrogen-bond acceptors (Lipinski definition) is 3. The molecule has 1 saturated carbocycles. The third-order valence-corrected chi connectivity index (χ3v) is 4.29. The highest BCUT2D eigenvalue weighted by Crippen LogP contribution is 2.23. The molecular formula is C16H23ClN2O2. The number of anilines is 1. The number of aliphatic hydroxyl groups is 1. The number of benzene rings is 1. The zero-order valence-electron chi connectivity index (χ0n) is 12.2. The number of aliphatic hydroxyl groups excluding tert-OH is 1. The number of carbonyl (C=O) groups excluding carboxylic acids is 1. The average Bonchev–Trinajstić information content (AvgIpc) is 2.53. The predicted molar refractivity (Wildman–Crippen MR) is 85.4 cm³/mol. The molecule has 0 bridgehead atoms. The van der Waals surface area contributed by atoms with Crippen LogP contribution >= 0.6 is 11.6 Å². The number of hydrogen-bond donors (Lipinski definition) is 3. The van der Waals surface area contributed by atoms with E-state index < -0.39 is 0 Å². The van der Waals surface area contributed by atoms with Crippen molar-refractivity contribution in [1.82, 2.24) is 5.32 Å². The quantitative estimate of drug-likeness (QED) is 0.757. The zero-order valence-corrected chi connectivity index (χ0v) is 13.0. The van der Waals surface area contributed by atoms with Crippen LogP contribution in [0.4, 0.5) is 5.69 Å². The molecule has 0 spiro atoms. The molecular weight excluding hydrogens is 288 g/mol. The average molecular weight is 311 g/mol. The van der Waals surface area contributed by atoms with E-state index in [1.54, 1.807) is 18.2 Å². The van der Waals surface area contributed by atoms with Crippen LogP contribution in [0.3, 0.4) is 0 Å². The molecule has 4 nitrogen and oxygen atoms in total. The fourth-order valence-corrected chi connectivity index (χ4v) is 2.88. The van der Waals surface area contributed by atoms with E-state index in [1.165, 1.54) is 32.1 Å². The van der Waals surface area contributed by atoms with Gasteiger partial charge in [0.1, 0.15) is 0 Å². The molecule has 1 amide bonds. The third-order valence-electron chi connectivity index (χ3n) is 3.97. The Balaban J connectivity index is 1.75. The van der Waals surface area contributed by atoms with Gasteiger partial charge in [0, 0.05) is 6.54 Å². The smallest absolute Gasteiger partial charge is 0.239 e. The van der Waals surface area contributed by atoms with Crippen molar-refractivity contribution in [3.05, 3.63) is 28.8 Å². The van der Waals surface area contributed by atoms with E-state index in [0.717, 1.165) is 12.1 Å². The summed E-state index contributed by atoms with van der Waals surface area (Å²) in [6.45, 7) is 0.923. The fourth-order valence-electron chi connectivity index (χ4n) is 2.69. The van der Waals surface area contributed by atoms with Gasteiger partial charge in [-0.3, -0.25) is 4.79 Å². The number of nitrogens with one attached hydrogen (secondary N) is 2. The van der Waals surface area contributed by atoms with Crippen molar-refractivity contribution >= 4 is 23.2 Å². The van der Waals surface area contributed by atoms with Crippen molar-refractivity contribution in [3.63, 3.8) is 0 Å². The van der Waals surface area contributed by atoms with Crippen LogP contribution in [0.2, 0.25) is 5.02 Å². The molecule has 0 radical (unpaired) electrons. The normalized spacial score (nSPS) is 15.7. The van der Waals surface area contributed by atoms with Crippen molar-refractivity contribution in [2.24, 2.45) is 5.92 Å². The third kappa shape index (κ3) is 5.21. The number of amides is 1. The molecule has 21 heavy (non-hydrogen) atoms. The van der Waals surface area contributed by atoms with Crippen LogP contribution in [0.15, 0.2) is 18.2 Å². The summed E-state index contributed by atoms with van der Waals surface area (Å²) in [6.07, 6.45) is 6.33. The number of carbonyl (C=O) groups is 1. The first-order chi connectivity index (χ1) is 10.2. The van der Waals surface area contributed by atoms with Gasteiger partial charge in [0.05, 0.1) is 23.9 Å². The van der Waals surface area contributed by atoms with Crippen molar-refractivity contribution in [3.8, 4) is 0 Å². The molecule has 0 atom stereocenters. The molecule has 2 rings (SSSR count). The zero-order chi connectivity index (χ0) is 15.1. The summed E-state index contributed by atoms with van der Waals surface area (Å²) >= 11 is 6.06. The second-order valence-electron chi connectivity index (χ2n) is 5.63. The Morgan fingerprint density at radius 2 is 2.05 bits per heavy atom. The molecule has 5 heteroatoms. The molecule has 0 aromatic heterocycles. The summed E-state index contributed by atoms with van der Waals surface area (Å²) in [5.74, 6) is 0.607. The summed E-state index contributed by atoms with van der Waals surface area (Å²) in [5.41, 5.74) is 1.44. The van der Waals surface area contributed by atoms with Gasteiger partial charge in [-0.2, -0.15) is 0 Å². The Morgan fingerprint density at radius 3 is 2.76 bits per heavy atom. The van der Waals surface area contributed by atoms with Crippen LogP contribution in [-0.4, -0.2) is 24.1 Å². The maximum absolute atomic E-state index is 11.9. The van der Waals surface area contributed by atoms with Gasteiger partial charge in [-0.15, -0.1) is 0 Å². The van der Waals surface area contributed by atoms with Gasteiger partial charge < -0.3 is 15.7 Å². The first-order valence-corrected chi connectivity index (χ1v) is 7.96. The lowest BCUT2D eigenvalue weighted by molar-refractivity contribution is -0.119. The first-order valence-electron chi connectivity index (χ1n) is 7.59. The minimum absolute atomic E-state index is 0.0222. The van der Waals surface area contributed by atoms with Crippen molar-refractivity contribution in [2.75, 3.05) is 18.4 Å². The fraction of sp³-hybridized carbons (Fsp3) is 0.562. The second-order valence-corrected chi connectivity index (χ2v) is 6.04. The summed E-state index contributed by atoms with van der Waals surface area (Å²) in [4.78, 5) is 11.9. The van der Waals surface area contributed by atoms with Crippen LogP contribution in [0.25, 0.3) is 0 Å². The monoisotopic (exact) mass is 310 g/mol. The van der Waals surface area contributed by atoms with Gasteiger partial charge >= 0.3 is 0 Å². The van der Waals surface area contributed by atoms with Crippen molar-refractivity contribution in [1.29, 1.82) is 0 Å². The highest BCUT2D eigenvalue weighted by Gasteiger charge is 2.14. The summed E-state index contributed by atoms with van der Waals surface area (Å²) in [6, 6.07) is 5.24. The van der Waals surface area contributed by atoms with Crippen LogP contribution in [0.5, 0.6) is 0 Å². The lowest BCUT2D eigenvalue weighted by Gasteiger charge is -2.21. The highest BCUT2D eigenvalue weighted by molar-refractivity contribution is 6.33. The molecule has 3 N–H and O–H groups in total. The maximum atomic E-state index is 11.9. The maximum Gasteiger partial charge on any atom is 0.239 e. The Kier molecular flexibility index (Phi) is 6.33. The minimum atomic E-state index is -0.0419. The topological polar surface area (TPSA) is 61.4 Å². The molecule has 1 fully saturated rings. The van der Waals surface area contributed by atoms with Crippen molar-refractivity contribution < 1.29 is 9.90 Å². The molecule has 116 valence electrons. The van der Waals surface area contributed by atoms with E-state index in [-0.39, 0.29) is 19.1 Å². The number of halogens is 1. The molecule has 1 aromatic rings. The molecule has 0 aliphatic heterocycles. The first kappa shape index (κ1) is 16.1. The Hall–Kier alpha value is -1.26. The van der Waals surface area contributed by atoms with Gasteiger partial charge in [-0.1, -0.05) is 36.9 Å². The van der Waals surface area contributed by atoms with Crippen LogP contribution in [0, 0.1) is 5.92 Å². The van der Waals surface area contributed by atoms with Crippen molar-refractivity contribution in [2.45, 2.75) is 38.7 Å². The van der Waals surface area contributed by atoms with Gasteiger partial charge in [0.2, 0.25) is 5.91 Å². The minimum Gasteiger partial charge on any atom is -0.392 e. The highest BCUT2D eigenvalue weighted by atomic mass is 35.5. The van der Waals surface area contributed by atoms with E-state index in [0.29, 0.717) is 16.6 Å². The second kappa shape index (κ2) is 8.25. The van der Waals surface area contributed by atoms with E-state index in [4.69, 9.17) is 16.7 Å². The van der Waals surface area contributed by atoms with Gasteiger partial charge in [0.25, 0.3) is 0 Å². The van der Waals surface area contributed by atoms with Crippen LogP contribution in [-0.2, 0) is 11.4 Å². The summed E-state index contributed by atoms with van der Waals surface area (Å²) in [7, 11) is 0. The van der Waals surface area contributed by atoms with Gasteiger partial charge in [-0.05, 0) is 36.5 Å². The van der Waals surface area contributed by atoms with E-state index in [2.05, 4.69) is 10.6 Å². The Bertz CT molecular complexity index is 473.